The van der Waals surface area contributed by atoms with Crippen LogP contribution in [0.4, 0.5) is 18.0 Å². The van der Waals surface area contributed by atoms with Gasteiger partial charge >= 0.3 is 11.6 Å². The van der Waals surface area contributed by atoms with Crippen LogP contribution in [0.2, 0.25) is 0 Å². The van der Waals surface area contributed by atoms with Crippen LogP contribution in [0, 0.1) is 5.41 Å². The minimum atomic E-state index is -4.86. The molecule has 0 heterocycles. The molecule has 2 fully saturated rings. The third-order valence-electron chi connectivity index (χ3n) is 4.41. The van der Waals surface area contributed by atoms with Crippen molar-refractivity contribution < 1.29 is 31.1 Å². The molecule has 0 spiro atoms. The van der Waals surface area contributed by atoms with Crippen molar-refractivity contribution in [1.29, 1.82) is 0 Å². The Labute approximate surface area is 135 Å². The Kier molecular flexibility index (Phi) is 4.76. The van der Waals surface area contributed by atoms with Crippen molar-refractivity contribution in [3.8, 4) is 0 Å². The van der Waals surface area contributed by atoms with Gasteiger partial charge in [0.05, 0.1) is 6.61 Å². The highest BCUT2D eigenvalue weighted by atomic mass is 32.2. The molecule has 0 aliphatic heterocycles. The Morgan fingerprint density at radius 3 is 2.22 bits per heavy atom. The van der Waals surface area contributed by atoms with Crippen LogP contribution in [0.25, 0.3) is 0 Å². The quantitative estimate of drug-likeness (QED) is 0.837. The lowest BCUT2D eigenvalue weighted by Crippen LogP contribution is -2.47. The molecule has 1 unspecified atom stereocenters. The third kappa shape index (κ3) is 4.59. The Morgan fingerprint density at radius 1 is 1.17 bits per heavy atom. The zero-order chi connectivity index (χ0) is 17.5. The molecule has 1 atom stereocenters. The summed E-state index contributed by atoms with van der Waals surface area (Å²) in [6.07, 6.45) is 2.60. The maximum Gasteiger partial charge on any atom is 0.497 e. The Hall–Kier alpha value is -0.830. The van der Waals surface area contributed by atoms with Crippen LogP contribution in [-0.4, -0.2) is 33.6 Å². The van der Waals surface area contributed by atoms with Crippen LogP contribution in [-0.2, 0) is 20.0 Å². The van der Waals surface area contributed by atoms with Crippen LogP contribution in [0.5, 0.6) is 0 Å². The summed E-state index contributed by atoms with van der Waals surface area (Å²) in [7, 11) is 0. The number of nitrogens with one attached hydrogen (secondary N) is 1. The normalized spacial score (nSPS) is 31.9. The molecule has 2 aliphatic carbocycles. The van der Waals surface area contributed by atoms with E-state index in [4.69, 9.17) is 4.74 Å². The zero-order valence-electron chi connectivity index (χ0n) is 13.4. The maximum atomic E-state index is 12.3. The summed E-state index contributed by atoms with van der Waals surface area (Å²) in [4.78, 5) is 11.9. The molecule has 2 saturated carbocycles. The fourth-order valence-electron chi connectivity index (χ4n) is 3.46. The van der Waals surface area contributed by atoms with Gasteiger partial charge in [-0.2, -0.15) is 13.2 Å². The molecule has 2 bridgehead atoms. The fraction of sp³-hybridized carbons (Fsp3) is 0.929. The van der Waals surface area contributed by atoms with E-state index in [2.05, 4.69) is 9.50 Å². The Morgan fingerprint density at radius 2 is 1.74 bits per heavy atom. The lowest BCUT2D eigenvalue weighted by atomic mass is 9.85. The van der Waals surface area contributed by atoms with Crippen molar-refractivity contribution >= 4 is 17.2 Å². The summed E-state index contributed by atoms with van der Waals surface area (Å²) in [5.41, 5.74) is -6.37. The zero-order valence-corrected chi connectivity index (χ0v) is 14.2. The average molecular weight is 357 g/mol. The minimum absolute atomic E-state index is 0.211. The molecule has 0 radical (unpaired) electrons. The molecule has 23 heavy (non-hydrogen) atoms. The van der Waals surface area contributed by atoms with E-state index < -0.39 is 39.2 Å². The number of hydrogen-bond acceptors (Lipinski definition) is 4. The molecule has 9 heteroatoms. The standard InChI is InChI=1S/C14H22F3NO4S/c1-11(2,3)22-10(19)18-13-6-4-12(8-13,5-7-13)9-21-23(20)14(15,16)17/h4-9H2,1-3H3,(H,18,19). The van der Waals surface area contributed by atoms with Gasteiger partial charge in [0.2, 0.25) is 0 Å². The summed E-state index contributed by atoms with van der Waals surface area (Å²) in [6, 6.07) is 0. The molecule has 2 rings (SSSR count). The van der Waals surface area contributed by atoms with Crippen molar-refractivity contribution in [2.75, 3.05) is 6.61 Å². The topological polar surface area (TPSA) is 64.6 Å². The highest BCUT2D eigenvalue weighted by Crippen LogP contribution is 2.56. The number of alkyl carbamates (subject to hydrolysis) is 1. The molecule has 1 amide bonds. The van der Waals surface area contributed by atoms with Gasteiger partial charge in [-0.1, -0.05) is 0 Å². The Balaban J connectivity index is 1.91. The van der Waals surface area contributed by atoms with E-state index in [1.54, 1.807) is 20.8 Å². The van der Waals surface area contributed by atoms with E-state index in [-0.39, 0.29) is 6.61 Å². The third-order valence-corrected chi connectivity index (χ3v) is 5.12. The van der Waals surface area contributed by atoms with Gasteiger partial charge in [-0.05, 0) is 58.3 Å². The number of halogens is 3. The van der Waals surface area contributed by atoms with Gasteiger partial charge in [-0.3, -0.25) is 4.18 Å². The van der Waals surface area contributed by atoms with Gasteiger partial charge < -0.3 is 10.1 Å². The predicted octanol–water partition coefficient (Wildman–Crippen LogP) is 3.41. The van der Waals surface area contributed by atoms with Crippen LogP contribution < -0.4 is 5.32 Å². The number of hydrogen-bond donors (Lipinski definition) is 1. The van der Waals surface area contributed by atoms with Crippen molar-refractivity contribution in [2.24, 2.45) is 5.41 Å². The van der Waals surface area contributed by atoms with Crippen LogP contribution in [0.3, 0.4) is 0 Å². The number of carbonyl (C=O) groups excluding carboxylic acids is 1. The molecule has 2 aliphatic rings. The molecule has 134 valence electrons. The summed E-state index contributed by atoms with van der Waals surface area (Å²) < 4.78 is 57.6. The summed E-state index contributed by atoms with van der Waals surface area (Å²) in [5.74, 6) is 0. The van der Waals surface area contributed by atoms with E-state index in [1.807, 2.05) is 0 Å². The SMILES string of the molecule is CC(C)(C)OC(=O)NC12CCC(COS(=O)C(F)(F)F)(CC1)C2. The van der Waals surface area contributed by atoms with E-state index in [0.29, 0.717) is 32.1 Å². The van der Waals surface area contributed by atoms with Crippen LogP contribution >= 0.6 is 0 Å². The fourth-order valence-corrected chi connectivity index (χ4v) is 3.95. The molecule has 0 aromatic rings. The van der Waals surface area contributed by atoms with Gasteiger partial charge in [0.15, 0.2) is 0 Å². The smallest absolute Gasteiger partial charge is 0.444 e. The first kappa shape index (κ1) is 18.5. The molecule has 5 nitrogen and oxygen atoms in total. The highest BCUT2D eigenvalue weighted by molar-refractivity contribution is 7.81. The van der Waals surface area contributed by atoms with E-state index in [1.165, 1.54) is 0 Å². The summed E-state index contributed by atoms with van der Waals surface area (Å²) >= 11 is -3.29. The maximum absolute atomic E-state index is 12.3. The van der Waals surface area contributed by atoms with Crippen LogP contribution in [0.15, 0.2) is 0 Å². The number of amides is 1. The minimum Gasteiger partial charge on any atom is -0.444 e. The van der Waals surface area contributed by atoms with E-state index in [0.717, 1.165) is 0 Å². The van der Waals surface area contributed by atoms with E-state index >= 15 is 0 Å². The number of ether oxygens (including phenoxy) is 1. The van der Waals surface area contributed by atoms with Gasteiger partial charge in [0.25, 0.3) is 11.1 Å². The number of fused-ring (bicyclic) bond motifs is 2. The molecular weight excluding hydrogens is 335 g/mol. The van der Waals surface area contributed by atoms with Gasteiger partial charge in [-0.15, -0.1) is 0 Å². The molecule has 0 aromatic heterocycles. The van der Waals surface area contributed by atoms with E-state index in [9.17, 15) is 22.2 Å². The van der Waals surface area contributed by atoms with Gasteiger partial charge in [0, 0.05) is 5.54 Å². The molecule has 1 N–H and O–H groups in total. The molecule has 0 aromatic carbocycles. The monoisotopic (exact) mass is 357 g/mol. The van der Waals surface area contributed by atoms with Crippen molar-refractivity contribution in [3.63, 3.8) is 0 Å². The van der Waals surface area contributed by atoms with Crippen molar-refractivity contribution in [2.45, 2.75) is 69.5 Å². The highest BCUT2D eigenvalue weighted by Gasteiger charge is 2.56. The first-order valence-electron chi connectivity index (χ1n) is 7.48. The summed E-state index contributed by atoms with van der Waals surface area (Å²) in [6.45, 7) is 5.07. The molecule has 0 saturated heterocycles. The van der Waals surface area contributed by atoms with Crippen LogP contribution in [0.1, 0.15) is 52.9 Å². The largest absolute Gasteiger partial charge is 0.497 e. The average Bonchev–Trinajstić information content (AvgIpc) is 2.88. The van der Waals surface area contributed by atoms with Crippen molar-refractivity contribution in [3.05, 3.63) is 0 Å². The first-order valence-corrected chi connectivity index (χ1v) is 8.56. The Bertz CT molecular complexity index is 493. The molecular formula is C14H22F3NO4S. The second kappa shape index (κ2) is 5.91. The summed E-state index contributed by atoms with van der Waals surface area (Å²) in [5, 5.41) is 2.87. The first-order chi connectivity index (χ1) is 10.4. The number of carbonyl (C=O) groups is 1. The second-order valence-corrected chi connectivity index (χ2v) is 8.69. The lowest BCUT2D eigenvalue weighted by Gasteiger charge is -2.30. The number of alkyl halides is 3. The predicted molar refractivity (Wildman–Crippen MR) is 77.8 cm³/mol. The number of rotatable bonds is 4. The van der Waals surface area contributed by atoms with Gasteiger partial charge in [0.1, 0.15) is 5.60 Å². The lowest BCUT2D eigenvalue weighted by molar-refractivity contribution is -0.0492. The van der Waals surface area contributed by atoms with Gasteiger partial charge in [-0.25, -0.2) is 9.00 Å². The second-order valence-electron chi connectivity index (χ2n) is 7.53. The van der Waals surface area contributed by atoms with Crippen molar-refractivity contribution in [1.82, 2.24) is 5.32 Å².